The maximum atomic E-state index is 11.6. The third kappa shape index (κ3) is 3.84. The summed E-state index contributed by atoms with van der Waals surface area (Å²) in [4.78, 5) is 22.6. The van der Waals surface area contributed by atoms with Crippen molar-refractivity contribution >= 4 is 18.0 Å². The number of benzene rings is 1. The number of phenols is 1. The molecule has 1 fully saturated rings. The third-order valence-electron chi connectivity index (χ3n) is 2.98. The first-order chi connectivity index (χ1) is 9.06. The van der Waals surface area contributed by atoms with Crippen LogP contribution >= 0.6 is 0 Å². The van der Waals surface area contributed by atoms with Crippen molar-refractivity contribution in [2.24, 2.45) is 5.92 Å². The summed E-state index contributed by atoms with van der Waals surface area (Å²) in [6, 6.07) is 5.56. The number of aromatic hydroxyl groups is 1. The van der Waals surface area contributed by atoms with Gasteiger partial charge in [-0.15, -0.1) is 0 Å². The summed E-state index contributed by atoms with van der Waals surface area (Å²) in [5.74, 6) is -1.20. The molecular formula is C14H15NO4. The van der Waals surface area contributed by atoms with Gasteiger partial charge in [0.2, 0.25) is 5.91 Å². The first-order valence-corrected chi connectivity index (χ1v) is 6.06. The molecule has 1 saturated carbocycles. The summed E-state index contributed by atoms with van der Waals surface area (Å²) in [7, 11) is 0. The van der Waals surface area contributed by atoms with Crippen LogP contribution in [0.15, 0.2) is 30.3 Å². The van der Waals surface area contributed by atoms with Crippen LogP contribution < -0.4 is 5.32 Å². The molecule has 1 aliphatic carbocycles. The van der Waals surface area contributed by atoms with Crippen molar-refractivity contribution in [2.75, 3.05) is 0 Å². The van der Waals surface area contributed by atoms with Gasteiger partial charge in [0.25, 0.3) is 0 Å². The van der Waals surface area contributed by atoms with Crippen molar-refractivity contribution in [2.45, 2.75) is 18.9 Å². The van der Waals surface area contributed by atoms with Crippen LogP contribution in [-0.2, 0) is 9.59 Å². The summed E-state index contributed by atoms with van der Waals surface area (Å²) in [5.41, 5.74) is 0.756. The van der Waals surface area contributed by atoms with E-state index in [4.69, 9.17) is 10.2 Å². The SMILES string of the molecule is O=C(C=Cc1ccc(O)cc1)NC(C(=O)O)C1CC1. The highest BCUT2D eigenvalue weighted by atomic mass is 16.4. The molecule has 1 aromatic carbocycles. The second kappa shape index (κ2) is 5.56. The molecule has 5 nitrogen and oxygen atoms in total. The molecule has 2 rings (SSSR count). The minimum atomic E-state index is -0.992. The zero-order valence-corrected chi connectivity index (χ0v) is 10.2. The van der Waals surface area contributed by atoms with Gasteiger partial charge in [0.15, 0.2) is 0 Å². The lowest BCUT2D eigenvalue weighted by molar-refractivity contribution is -0.141. The summed E-state index contributed by atoms with van der Waals surface area (Å²) in [6.07, 6.45) is 4.56. The fraction of sp³-hybridized carbons (Fsp3) is 0.286. The number of hydrogen-bond donors (Lipinski definition) is 3. The molecule has 0 bridgehead atoms. The van der Waals surface area contributed by atoms with Crippen LogP contribution in [0.25, 0.3) is 6.08 Å². The summed E-state index contributed by atoms with van der Waals surface area (Å²) >= 11 is 0. The largest absolute Gasteiger partial charge is 0.508 e. The number of nitrogens with one attached hydrogen (secondary N) is 1. The molecule has 1 aliphatic rings. The Kier molecular flexibility index (Phi) is 3.85. The van der Waals surface area contributed by atoms with Crippen molar-refractivity contribution in [1.29, 1.82) is 0 Å². The van der Waals surface area contributed by atoms with E-state index in [1.165, 1.54) is 18.2 Å². The van der Waals surface area contributed by atoms with E-state index in [1.54, 1.807) is 18.2 Å². The average molecular weight is 261 g/mol. The monoisotopic (exact) mass is 261 g/mol. The molecule has 0 aliphatic heterocycles. The smallest absolute Gasteiger partial charge is 0.326 e. The fourth-order valence-electron chi connectivity index (χ4n) is 1.77. The maximum absolute atomic E-state index is 11.6. The molecule has 0 spiro atoms. The van der Waals surface area contributed by atoms with Crippen LogP contribution in [0, 0.1) is 5.92 Å². The number of carboxylic acid groups (broad SMARTS) is 1. The second-order valence-corrected chi connectivity index (χ2v) is 4.59. The number of aliphatic carboxylic acids is 1. The van der Waals surface area contributed by atoms with Crippen molar-refractivity contribution in [3.05, 3.63) is 35.9 Å². The molecule has 5 heteroatoms. The Morgan fingerprint density at radius 1 is 1.26 bits per heavy atom. The van der Waals surface area contributed by atoms with E-state index in [9.17, 15) is 9.59 Å². The molecule has 1 atom stereocenters. The molecule has 0 saturated heterocycles. The summed E-state index contributed by atoms with van der Waals surface area (Å²) in [6.45, 7) is 0. The Balaban J connectivity index is 1.93. The molecule has 100 valence electrons. The summed E-state index contributed by atoms with van der Waals surface area (Å²) < 4.78 is 0. The molecule has 3 N–H and O–H groups in total. The van der Waals surface area contributed by atoms with Crippen molar-refractivity contribution in [3.63, 3.8) is 0 Å². The number of hydrogen-bond acceptors (Lipinski definition) is 3. The molecule has 1 amide bonds. The van der Waals surface area contributed by atoms with Crippen molar-refractivity contribution in [1.82, 2.24) is 5.32 Å². The number of carbonyl (C=O) groups is 2. The molecule has 1 aromatic rings. The second-order valence-electron chi connectivity index (χ2n) is 4.59. The number of carboxylic acids is 1. The van der Waals surface area contributed by atoms with E-state index >= 15 is 0 Å². The van der Waals surface area contributed by atoms with Gasteiger partial charge in [0.05, 0.1) is 0 Å². The topological polar surface area (TPSA) is 86.6 Å². The van der Waals surface area contributed by atoms with Crippen molar-refractivity contribution < 1.29 is 19.8 Å². The highest BCUT2D eigenvalue weighted by Crippen LogP contribution is 2.32. The van der Waals surface area contributed by atoms with E-state index in [0.29, 0.717) is 0 Å². The Morgan fingerprint density at radius 2 is 1.89 bits per heavy atom. The van der Waals surface area contributed by atoms with E-state index < -0.39 is 17.9 Å². The summed E-state index contributed by atoms with van der Waals surface area (Å²) in [5, 5.41) is 20.6. The van der Waals surface area contributed by atoms with Gasteiger partial charge in [0, 0.05) is 6.08 Å². The highest BCUT2D eigenvalue weighted by Gasteiger charge is 2.36. The Morgan fingerprint density at radius 3 is 2.42 bits per heavy atom. The lowest BCUT2D eigenvalue weighted by Gasteiger charge is -2.11. The van der Waals surface area contributed by atoms with Crippen LogP contribution in [-0.4, -0.2) is 28.1 Å². The van der Waals surface area contributed by atoms with E-state index in [0.717, 1.165) is 18.4 Å². The first kappa shape index (κ1) is 13.1. The maximum Gasteiger partial charge on any atom is 0.326 e. The number of carbonyl (C=O) groups excluding carboxylic acids is 1. The predicted octanol–water partition coefficient (Wildman–Crippen LogP) is 1.38. The predicted molar refractivity (Wildman–Crippen MR) is 69.4 cm³/mol. The lowest BCUT2D eigenvalue weighted by atomic mass is 10.1. The quantitative estimate of drug-likeness (QED) is 0.699. The van der Waals surface area contributed by atoms with Gasteiger partial charge in [0.1, 0.15) is 11.8 Å². The van der Waals surface area contributed by atoms with Gasteiger partial charge in [-0.25, -0.2) is 4.79 Å². The standard InChI is InChI=1S/C14H15NO4/c16-11-6-1-9(2-7-11)3-8-12(17)15-13(14(18)19)10-4-5-10/h1-3,6-8,10,13,16H,4-5H2,(H,15,17)(H,18,19). The molecule has 1 unspecified atom stereocenters. The number of phenolic OH excluding ortho intramolecular Hbond substituents is 1. The minimum absolute atomic E-state index is 0.0588. The van der Waals surface area contributed by atoms with Crippen LogP contribution in [0.2, 0.25) is 0 Å². The Labute approximate surface area is 110 Å². The van der Waals surface area contributed by atoms with Gasteiger partial charge < -0.3 is 15.5 Å². The van der Waals surface area contributed by atoms with Gasteiger partial charge in [-0.1, -0.05) is 12.1 Å². The zero-order valence-electron chi connectivity index (χ0n) is 10.2. The van der Waals surface area contributed by atoms with Crippen LogP contribution in [0.1, 0.15) is 18.4 Å². The Hall–Kier alpha value is -2.30. The molecule has 19 heavy (non-hydrogen) atoms. The zero-order chi connectivity index (χ0) is 13.8. The normalized spacial score (nSPS) is 16.2. The van der Waals surface area contributed by atoms with E-state index in [2.05, 4.69) is 5.32 Å². The van der Waals surface area contributed by atoms with Gasteiger partial charge in [-0.3, -0.25) is 4.79 Å². The number of rotatable bonds is 5. The minimum Gasteiger partial charge on any atom is -0.508 e. The van der Waals surface area contributed by atoms with Crippen molar-refractivity contribution in [3.8, 4) is 5.75 Å². The average Bonchev–Trinajstić information content (AvgIpc) is 3.19. The van der Waals surface area contributed by atoms with E-state index in [1.807, 2.05) is 0 Å². The highest BCUT2D eigenvalue weighted by molar-refractivity contribution is 5.94. The molecule has 0 aromatic heterocycles. The van der Waals surface area contributed by atoms with Crippen LogP contribution in [0.5, 0.6) is 5.75 Å². The third-order valence-corrected chi connectivity index (χ3v) is 2.98. The molecular weight excluding hydrogens is 246 g/mol. The van der Waals surface area contributed by atoms with E-state index in [-0.39, 0.29) is 11.7 Å². The van der Waals surface area contributed by atoms with Gasteiger partial charge >= 0.3 is 5.97 Å². The van der Waals surface area contributed by atoms with Crippen LogP contribution in [0.4, 0.5) is 0 Å². The number of amides is 1. The van der Waals surface area contributed by atoms with Gasteiger partial charge in [-0.2, -0.15) is 0 Å². The fourth-order valence-corrected chi connectivity index (χ4v) is 1.77. The van der Waals surface area contributed by atoms with Gasteiger partial charge in [-0.05, 0) is 42.5 Å². The first-order valence-electron chi connectivity index (χ1n) is 6.06. The molecule has 0 radical (unpaired) electrons. The Bertz CT molecular complexity index is 503. The van der Waals surface area contributed by atoms with Crippen LogP contribution in [0.3, 0.4) is 0 Å². The lowest BCUT2D eigenvalue weighted by Crippen LogP contribution is -2.41. The molecule has 0 heterocycles.